The van der Waals surface area contributed by atoms with Gasteiger partial charge in [0, 0.05) is 16.7 Å². The Labute approximate surface area is 191 Å². The molecule has 1 N–H and O–H groups in total. The van der Waals surface area contributed by atoms with E-state index in [0.29, 0.717) is 16.7 Å². The number of halogens is 3. The lowest BCUT2D eigenvalue weighted by atomic mass is 9.98. The maximum atomic E-state index is 15.4. The van der Waals surface area contributed by atoms with Crippen LogP contribution >= 0.6 is 11.6 Å². The van der Waals surface area contributed by atoms with Crippen molar-refractivity contribution in [1.29, 1.82) is 5.26 Å². The zero-order valence-corrected chi connectivity index (χ0v) is 18.0. The van der Waals surface area contributed by atoms with Crippen molar-refractivity contribution in [2.75, 3.05) is 7.11 Å². The van der Waals surface area contributed by atoms with Crippen LogP contribution in [0.3, 0.4) is 0 Å². The summed E-state index contributed by atoms with van der Waals surface area (Å²) >= 11 is 6.20. The summed E-state index contributed by atoms with van der Waals surface area (Å²) in [6.07, 6.45) is 0.0253. The number of carbonyl (C=O) groups excluding carboxylic acids is 1. The fourth-order valence-electron chi connectivity index (χ4n) is 3.58. The summed E-state index contributed by atoms with van der Waals surface area (Å²) in [7, 11) is 1.27. The number of nitrogens with one attached hydrogen (secondary N) is 1. The third kappa shape index (κ3) is 4.21. The number of benzene rings is 3. The third-order valence-corrected chi connectivity index (χ3v) is 5.54. The number of esters is 1. The predicted molar refractivity (Wildman–Crippen MR) is 121 cm³/mol. The first-order chi connectivity index (χ1) is 15.8. The number of hydrogen-bond donors (Lipinski definition) is 1. The molecule has 0 radical (unpaired) electrons. The number of methoxy groups -OCH3 is 1. The predicted octanol–water partition coefficient (Wildman–Crippen LogP) is 5.38. The third-order valence-electron chi connectivity index (χ3n) is 5.21. The summed E-state index contributed by atoms with van der Waals surface area (Å²) in [6.45, 7) is 0. The summed E-state index contributed by atoms with van der Waals surface area (Å²) in [4.78, 5) is 27.1. The van der Waals surface area contributed by atoms with Gasteiger partial charge in [-0.1, -0.05) is 35.9 Å². The van der Waals surface area contributed by atoms with E-state index in [1.54, 1.807) is 12.1 Å². The minimum Gasteiger partial charge on any atom is -0.469 e. The van der Waals surface area contributed by atoms with Gasteiger partial charge in [0.25, 0.3) is 0 Å². The van der Waals surface area contributed by atoms with Gasteiger partial charge in [-0.3, -0.25) is 9.59 Å². The summed E-state index contributed by atoms with van der Waals surface area (Å²) < 4.78 is 35.0. The molecule has 0 saturated heterocycles. The van der Waals surface area contributed by atoms with Crippen molar-refractivity contribution in [3.8, 4) is 28.5 Å². The number of aromatic nitrogens is 1. The fourth-order valence-corrected chi connectivity index (χ4v) is 3.80. The van der Waals surface area contributed by atoms with E-state index in [4.69, 9.17) is 16.9 Å². The second-order valence-electron chi connectivity index (χ2n) is 7.27. The molecule has 0 spiro atoms. The van der Waals surface area contributed by atoms with E-state index in [0.717, 1.165) is 12.1 Å². The van der Waals surface area contributed by atoms with Gasteiger partial charge in [-0.2, -0.15) is 5.26 Å². The van der Waals surface area contributed by atoms with Gasteiger partial charge in [-0.05, 0) is 35.4 Å². The molecular weight excluding hydrogens is 450 g/mol. The molecule has 4 aromatic rings. The molecule has 0 bridgehead atoms. The summed E-state index contributed by atoms with van der Waals surface area (Å²) in [5, 5.41) is 9.09. The Bertz CT molecular complexity index is 1510. The number of ether oxygens (including phenoxy) is 1. The number of fused-ring (bicyclic) bond motifs is 1. The maximum absolute atomic E-state index is 15.4. The second kappa shape index (κ2) is 8.85. The first kappa shape index (κ1) is 22.2. The average molecular weight is 465 g/mol. The molecule has 0 atom stereocenters. The molecular formula is C25H15ClF2N2O3. The first-order valence-corrected chi connectivity index (χ1v) is 10.1. The van der Waals surface area contributed by atoms with Crippen molar-refractivity contribution in [2.24, 2.45) is 0 Å². The Morgan fingerprint density at radius 1 is 1.12 bits per heavy atom. The Kier molecular flexibility index (Phi) is 5.95. The molecule has 0 unspecified atom stereocenters. The van der Waals surface area contributed by atoms with Gasteiger partial charge in [0.15, 0.2) is 5.43 Å². The van der Waals surface area contributed by atoms with Crippen molar-refractivity contribution in [3.05, 3.63) is 92.6 Å². The van der Waals surface area contributed by atoms with Crippen LogP contribution in [0.2, 0.25) is 5.02 Å². The van der Waals surface area contributed by atoms with E-state index >= 15 is 4.39 Å². The normalized spacial score (nSPS) is 10.8. The van der Waals surface area contributed by atoms with Crippen molar-refractivity contribution >= 4 is 28.5 Å². The van der Waals surface area contributed by atoms with Gasteiger partial charge in [-0.25, -0.2) is 8.78 Å². The van der Waals surface area contributed by atoms with Gasteiger partial charge < -0.3 is 9.72 Å². The van der Waals surface area contributed by atoms with E-state index in [-0.39, 0.29) is 39.2 Å². The maximum Gasteiger partial charge on any atom is 0.309 e. The average Bonchev–Trinajstić information content (AvgIpc) is 2.79. The van der Waals surface area contributed by atoms with E-state index in [1.807, 2.05) is 6.07 Å². The summed E-state index contributed by atoms with van der Waals surface area (Å²) in [6, 6.07) is 14.8. The molecule has 33 heavy (non-hydrogen) atoms. The minimum absolute atomic E-state index is 0.0253. The van der Waals surface area contributed by atoms with Crippen LogP contribution < -0.4 is 5.43 Å². The highest BCUT2D eigenvalue weighted by molar-refractivity contribution is 6.33. The molecule has 3 aromatic carbocycles. The standard InChI is InChI=1S/C25H15ClF2N2O3/c1-33-22(32)9-13-2-5-15(6-3-13)23-18(27)10-20-24(25(23)28)21(31)11-19(30-20)16-8-14(12-29)4-7-17(16)26/h2-8,10-11H,9H2,1H3,(H,30,31). The Morgan fingerprint density at radius 3 is 2.52 bits per heavy atom. The number of nitriles is 1. The molecule has 0 amide bonds. The molecule has 0 aliphatic carbocycles. The van der Waals surface area contributed by atoms with Gasteiger partial charge in [0.1, 0.15) is 11.6 Å². The van der Waals surface area contributed by atoms with Gasteiger partial charge >= 0.3 is 5.97 Å². The second-order valence-corrected chi connectivity index (χ2v) is 7.68. The van der Waals surface area contributed by atoms with E-state index in [1.165, 1.54) is 37.4 Å². The highest BCUT2D eigenvalue weighted by Gasteiger charge is 2.19. The molecule has 1 heterocycles. The van der Waals surface area contributed by atoms with Crippen LogP contribution in [0.25, 0.3) is 33.3 Å². The molecule has 0 aliphatic heterocycles. The number of nitrogens with zero attached hydrogens (tertiary/aromatic N) is 1. The van der Waals surface area contributed by atoms with Crippen LogP contribution in [0.4, 0.5) is 8.78 Å². The highest BCUT2D eigenvalue weighted by atomic mass is 35.5. The van der Waals surface area contributed by atoms with Crippen LogP contribution in [-0.4, -0.2) is 18.1 Å². The molecule has 4 rings (SSSR count). The van der Waals surface area contributed by atoms with E-state index in [2.05, 4.69) is 9.72 Å². The van der Waals surface area contributed by atoms with Crippen molar-refractivity contribution in [3.63, 3.8) is 0 Å². The topological polar surface area (TPSA) is 82.9 Å². The van der Waals surface area contributed by atoms with Gasteiger partial charge in [0.2, 0.25) is 0 Å². The zero-order chi connectivity index (χ0) is 23.7. The van der Waals surface area contributed by atoms with E-state index in [9.17, 15) is 14.0 Å². The molecule has 164 valence electrons. The van der Waals surface area contributed by atoms with Crippen molar-refractivity contribution in [1.82, 2.24) is 4.98 Å². The molecule has 1 aromatic heterocycles. The van der Waals surface area contributed by atoms with Crippen LogP contribution in [0.15, 0.2) is 59.4 Å². The number of H-pyrrole nitrogens is 1. The Hall–Kier alpha value is -4.02. The monoisotopic (exact) mass is 464 g/mol. The van der Waals surface area contributed by atoms with Crippen molar-refractivity contribution < 1.29 is 18.3 Å². The Balaban J connectivity index is 1.84. The van der Waals surface area contributed by atoms with Crippen LogP contribution in [0, 0.1) is 23.0 Å². The minimum atomic E-state index is -1.00. The largest absolute Gasteiger partial charge is 0.469 e. The number of carbonyl (C=O) groups is 1. The molecule has 8 heteroatoms. The zero-order valence-electron chi connectivity index (χ0n) is 17.2. The quantitative estimate of drug-likeness (QED) is 0.411. The molecule has 5 nitrogen and oxygen atoms in total. The lowest BCUT2D eigenvalue weighted by Gasteiger charge is -2.11. The fraction of sp³-hybridized carbons (Fsp3) is 0.0800. The van der Waals surface area contributed by atoms with Gasteiger partial charge in [-0.15, -0.1) is 0 Å². The first-order valence-electron chi connectivity index (χ1n) is 9.73. The number of pyridine rings is 1. The van der Waals surface area contributed by atoms with Crippen LogP contribution in [0.5, 0.6) is 0 Å². The van der Waals surface area contributed by atoms with Crippen LogP contribution in [-0.2, 0) is 16.0 Å². The smallest absolute Gasteiger partial charge is 0.309 e. The molecule has 0 aliphatic rings. The SMILES string of the molecule is COC(=O)Cc1ccc(-c2c(F)cc3[nH]c(-c4cc(C#N)ccc4Cl)cc(=O)c3c2F)cc1. The summed E-state index contributed by atoms with van der Waals surface area (Å²) in [5.74, 6) is -2.31. The number of rotatable bonds is 4. The Morgan fingerprint density at radius 2 is 1.85 bits per heavy atom. The molecule has 0 saturated carbocycles. The van der Waals surface area contributed by atoms with E-state index < -0.39 is 23.0 Å². The van der Waals surface area contributed by atoms with Crippen LogP contribution in [0.1, 0.15) is 11.1 Å². The lowest BCUT2D eigenvalue weighted by molar-refractivity contribution is -0.139. The van der Waals surface area contributed by atoms with Crippen molar-refractivity contribution in [2.45, 2.75) is 6.42 Å². The molecule has 0 fully saturated rings. The number of hydrogen-bond acceptors (Lipinski definition) is 4. The van der Waals surface area contributed by atoms with Gasteiger partial charge in [0.05, 0.1) is 47.3 Å². The number of aromatic amines is 1. The highest BCUT2D eigenvalue weighted by Crippen LogP contribution is 2.33. The lowest BCUT2D eigenvalue weighted by Crippen LogP contribution is -2.08. The summed E-state index contributed by atoms with van der Waals surface area (Å²) in [5.41, 5.74) is 0.679.